The highest BCUT2D eigenvalue weighted by atomic mass is 19.2. The van der Waals surface area contributed by atoms with Crippen molar-refractivity contribution < 1.29 is 23.4 Å². The zero-order chi connectivity index (χ0) is 16.0. The molecule has 1 aliphatic rings. The first-order chi connectivity index (χ1) is 10.5. The van der Waals surface area contributed by atoms with Crippen LogP contribution in [0.4, 0.5) is 8.78 Å². The van der Waals surface area contributed by atoms with Crippen LogP contribution < -0.4 is 10.2 Å². The lowest BCUT2D eigenvalue weighted by molar-refractivity contribution is 0.0694. The molecule has 5 nitrogen and oxygen atoms in total. The molecule has 2 aromatic rings. The Balaban J connectivity index is 2.49. The predicted octanol–water partition coefficient (Wildman–Crippen LogP) is 2.71. The minimum atomic E-state index is -1.40. The van der Waals surface area contributed by atoms with Crippen LogP contribution in [0.3, 0.4) is 0 Å². The molecule has 0 unspecified atom stereocenters. The molecule has 0 amide bonds. The van der Waals surface area contributed by atoms with Crippen molar-refractivity contribution in [2.75, 3.05) is 7.11 Å². The number of carboxylic acid groups (broad SMARTS) is 1. The maximum atomic E-state index is 14.0. The second-order valence-corrected chi connectivity index (χ2v) is 5.27. The molecule has 1 aromatic heterocycles. The average molecular weight is 309 g/mol. The zero-order valence-electron chi connectivity index (χ0n) is 11.7. The molecule has 0 bridgehead atoms. The molecular weight excluding hydrogens is 296 g/mol. The Morgan fingerprint density at radius 1 is 1.41 bits per heavy atom. The lowest BCUT2D eigenvalue weighted by atomic mass is 9.92. The van der Waals surface area contributed by atoms with E-state index >= 15 is 0 Å². The van der Waals surface area contributed by atoms with Crippen molar-refractivity contribution in [3.8, 4) is 5.75 Å². The van der Waals surface area contributed by atoms with Crippen molar-refractivity contribution in [3.05, 3.63) is 39.7 Å². The summed E-state index contributed by atoms with van der Waals surface area (Å²) in [4.78, 5) is 23.5. The predicted molar refractivity (Wildman–Crippen MR) is 74.5 cm³/mol. The highest BCUT2D eigenvalue weighted by molar-refractivity contribution is 5.94. The summed E-state index contributed by atoms with van der Waals surface area (Å²) in [6.07, 6.45) is 3.70. The first-order valence-electron chi connectivity index (χ1n) is 6.79. The Hall–Kier alpha value is -2.44. The molecule has 3 rings (SSSR count). The lowest BCUT2D eigenvalue weighted by Crippen LogP contribution is -2.25. The largest absolute Gasteiger partial charge is 0.491 e. The van der Waals surface area contributed by atoms with E-state index in [9.17, 15) is 18.4 Å². The van der Waals surface area contributed by atoms with Crippen LogP contribution in [0, 0.1) is 11.6 Å². The van der Waals surface area contributed by atoms with Crippen molar-refractivity contribution in [3.63, 3.8) is 0 Å². The standard InChI is InChI=1S/C15H13F2NO4/c1-22-14-11(17)10(16)5-8-12(14)18(7-3-2-4-7)6-9(13(8)19)15(20)21/h5-7H,2-4H2,1H3,(H,20,21). The third-order valence-corrected chi connectivity index (χ3v) is 4.07. The third kappa shape index (κ3) is 1.96. The van der Waals surface area contributed by atoms with Crippen LogP contribution in [0.15, 0.2) is 17.1 Å². The number of carbonyl (C=O) groups is 1. The Morgan fingerprint density at radius 2 is 2.09 bits per heavy atom. The number of hydrogen-bond acceptors (Lipinski definition) is 3. The fraction of sp³-hybridized carbons (Fsp3) is 0.333. The second-order valence-electron chi connectivity index (χ2n) is 5.27. The van der Waals surface area contributed by atoms with Crippen molar-refractivity contribution in [1.82, 2.24) is 4.57 Å². The van der Waals surface area contributed by atoms with Gasteiger partial charge in [-0.1, -0.05) is 0 Å². The summed E-state index contributed by atoms with van der Waals surface area (Å²) in [6, 6.07) is 0.678. The minimum absolute atomic E-state index is 0.0556. The number of nitrogens with zero attached hydrogens (tertiary/aromatic N) is 1. The fourth-order valence-electron chi connectivity index (χ4n) is 2.72. The summed E-state index contributed by atoms with van der Waals surface area (Å²) >= 11 is 0. The number of aromatic carboxylic acids is 1. The van der Waals surface area contributed by atoms with Gasteiger partial charge >= 0.3 is 5.97 Å². The molecule has 0 atom stereocenters. The quantitative estimate of drug-likeness (QED) is 0.946. The van der Waals surface area contributed by atoms with E-state index in [1.807, 2.05) is 0 Å². The van der Waals surface area contributed by atoms with E-state index in [1.54, 1.807) is 0 Å². The molecule has 1 aliphatic carbocycles. The van der Waals surface area contributed by atoms with Gasteiger partial charge in [-0.25, -0.2) is 9.18 Å². The summed E-state index contributed by atoms with van der Waals surface area (Å²) < 4.78 is 34.1. The van der Waals surface area contributed by atoms with E-state index in [4.69, 9.17) is 9.84 Å². The highest BCUT2D eigenvalue weighted by Gasteiger charge is 2.27. The monoisotopic (exact) mass is 309 g/mol. The molecule has 7 heteroatoms. The molecule has 1 heterocycles. The second kappa shape index (κ2) is 5.08. The van der Waals surface area contributed by atoms with E-state index < -0.39 is 28.6 Å². The van der Waals surface area contributed by atoms with Gasteiger partial charge < -0.3 is 14.4 Å². The molecule has 0 radical (unpaired) electrons. The van der Waals surface area contributed by atoms with Crippen LogP contribution in [0.5, 0.6) is 5.75 Å². The topological polar surface area (TPSA) is 68.5 Å². The van der Waals surface area contributed by atoms with Gasteiger partial charge in [0.05, 0.1) is 18.0 Å². The first-order valence-corrected chi connectivity index (χ1v) is 6.79. The number of benzene rings is 1. The first kappa shape index (κ1) is 14.5. The molecule has 1 N–H and O–H groups in total. The van der Waals surface area contributed by atoms with Gasteiger partial charge in [-0.2, -0.15) is 4.39 Å². The number of halogens is 2. The maximum Gasteiger partial charge on any atom is 0.341 e. The fourth-order valence-corrected chi connectivity index (χ4v) is 2.72. The Labute approximate surface area is 123 Å². The normalized spacial score (nSPS) is 14.9. The molecule has 1 aromatic carbocycles. The third-order valence-electron chi connectivity index (χ3n) is 4.07. The summed E-state index contributed by atoms with van der Waals surface area (Å²) in [5.41, 5.74) is -1.22. The van der Waals surface area contributed by atoms with Gasteiger partial charge in [0.2, 0.25) is 11.2 Å². The smallest absolute Gasteiger partial charge is 0.341 e. The van der Waals surface area contributed by atoms with Gasteiger partial charge in [-0.05, 0) is 25.3 Å². The van der Waals surface area contributed by atoms with Gasteiger partial charge in [-0.3, -0.25) is 4.79 Å². The van der Waals surface area contributed by atoms with Gasteiger partial charge in [-0.15, -0.1) is 0 Å². The number of pyridine rings is 1. The van der Waals surface area contributed by atoms with Crippen molar-refractivity contribution in [2.45, 2.75) is 25.3 Å². The molecule has 0 aliphatic heterocycles. The van der Waals surface area contributed by atoms with Crippen molar-refractivity contribution >= 4 is 16.9 Å². The summed E-state index contributed by atoms with van der Waals surface area (Å²) in [5, 5.41) is 8.97. The Morgan fingerprint density at radius 3 is 2.59 bits per heavy atom. The van der Waals surface area contributed by atoms with Crippen molar-refractivity contribution in [2.24, 2.45) is 0 Å². The van der Waals surface area contributed by atoms with Crippen LogP contribution >= 0.6 is 0 Å². The van der Waals surface area contributed by atoms with Gasteiger partial charge in [0.25, 0.3) is 0 Å². The van der Waals surface area contributed by atoms with Crippen LogP contribution in [0.25, 0.3) is 10.9 Å². The molecule has 116 valence electrons. The maximum absolute atomic E-state index is 14.0. The van der Waals surface area contributed by atoms with Gasteiger partial charge in [0.15, 0.2) is 11.6 Å². The minimum Gasteiger partial charge on any atom is -0.491 e. The van der Waals surface area contributed by atoms with Crippen molar-refractivity contribution in [1.29, 1.82) is 0 Å². The molecular formula is C15H13F2NO4. The lowest BCUT2D eigenvalue weighted by Gasteiger charge is -2.30. The van der Waals surface area contributed by atoms with Crippen LogP contribution in [0.1, 0.15) is 35.7 Å². The number of fused-ring (bicyclic) bond motifs is 1. The number of rotatable bonds is 3. The van der Waals surface area contributed by atoms with E-state index in [1.165, 1.54) is 17.9 Å². The average Bonchev–Trinajstić information content (AvgIpc) is 2.41. The molecule has 0 spiro atoms. The van der Waals surface area contributed by atoms with Crippen LogP contribution in [-0.4, -0.2) is 22.8 Å². The van der Waals surface area contributed by atoms with Crippen LogP contribution in [-0.2, 0) is 0 Å². The number of methoxy groups -OCH3 is 1. The molecule has 0 saturated heterocycles. The van der Waals surface area contributed by atoms with E-state index in [-0.39, 0.29) is 22.7 Å². The Bertz CT molecular complexity index is 840. The number of ether oxygens (including phenoxy) is 1. The number of carboxylic acids is 1. The van der Waals surface area contributed by atoms with Gasteiger partial charge in [0.1, 0.15) is 5.56 Å². The van der Waals surface area contributed by atoms with E-state index in [0.717, 1.165) is 25.3 Å². The SMILES string of the molecule is COc1c(F)c(F)cc2c(=O)c(C(=O)O)cn(C3CCC3)c12. The van der Waals surface area contributed by atoms with E-state index in [0.29, 0.717) is 0 Å². The number of aromatic nitrogens is 1. The molecule has 1 fully saturated rings. The zero-order valence-corrected chi connectivity index (χ0v) is 11.7. The molecule has 22 heavy (non-hydrogen) atoms. The van der Waals surface area contributed by atoms with Crippen LogP contribution in [0.2, 0.25) is 0 Å². The summed E-state index contributed by atoms with van der Waals surface area (Å²) in [6.45, 7) is 0. The Kier molecular flexibility index (Phi) is 3.35. The highest BCUT2D eigenvalue weighted by Crippen LogP contribution is 2.38. The molecule has 1 saturated carbocycles. The summed E-state index contributed by atoms with van der Waals surface area (Å²) in [5.74, 6) is -4.21. The summed E-state index contributed by atoms with van der Waals surface area (Å²) in [7, 11) is 1.18. The van der Waals surface area contributed by atoms with E-state index in [2.05, 4.69) is 0 Å². The number of hydrogen-bond donors (Lipinski definition) is 1. The van der Waals surface area contributed by atoms with Gasteiger partial charge in [0, 0.05) is 12.2 Å².